The molecule has 1 atom stereocenters. The van der Waals surface area contributed by atoms with E-state index < -0.39 is 0 Å². The van der Waals surface area contributed by atoms with Crippen LogP contribution in [0.3, 0.4) is 0 Å². The summed E-state index contributed by atoms with van der Waals surface area (Å²) in [5.74, 6) is 1.22. The van der Waals surface area contributed by atoms with Gasteiger partial charge in [0.05, 0.1) is 12.5 Å². The van der Waals surface area contributed by atoms with Gasteiger partial charge in [-0.25, -0.2) is 0 Å². The van der Waals surface area contributed by atoms with Crippen LogP contribution in [-0.2, 0) is 22.5 Å². The van der Waals surface area contributed by atoms with Gasteiger partial charge < -0.3 is 14.2 Å². The molecule has 0 radical (unpaired) electrons. The highest BCUT2D eigenvalue weighted by Gasteiger charge is 2.34. The second-order valence-electron chi connectivity index (χ2n) is 5.33. The molecule has 2 aromatic rings. The zero-order valence-corrected chi connectivity index (χ0v) is 12.4. The van der Waals surface area contributed by atoms with Crippen molar-refractivity contribution in [1.29, 1.82) is 0 Å². The van der Waals surface area contributed by atoms with E-state index in [1.165, 1.54) is 0 Å². The first-order chi connectivity index (χ1) is 10.8. The number of likely N-dealkylation sites (tertiary alicyclic amines) is 1. The lowest BCUT2D eigenvalue weighted by Gasteiger charge is -2.15. The summed E-state index contributed by atoms with van der Waals surface area (Å²) in [7, 11) is 1.63. The third-order valence-corrected chi connectivity index (χ3v) is 3.67. The summed E-state index contributed by atoms with van der Waals surface area (Å²) in [6.07, 6.45) is 4.51. The molecule has 7 nitrogen and oxygen atoms in total. The fraction of sp³-hybridized carbons (Fsp3) is 0.467. The molecule has 0 saturated carbocycles. The lowest BCUT2D eigenvalue weighted by molar-refractivity contribution is -0.128. The smallest absolute Gasteiger partial charge is 0.232 e. The van der Waals surface area contributed by atoms with Gasteiger partial charge in [-0.15, -0.1) is 0 Å². The third-order valence-electron chi connectivity index (χ3n) is 3.67. The van der Waals surface area contributed by atoms with E-state index in [1.54, 1.807) is 24.4 Å². The van der Waals surface area contributed by atoms with Crippen LogP contribution in [0.2, 0.25) is 0 Å². The van der Waals surface area contributed by atoms with Crippen molar-refractivity contribution in [3.8, 4) is 0 Å². The summed E-state index contributed by atoms with van der Waals surface area (Å²) >= 11 is 0. The van der Waals surface area contributed by atoms with Crippen LogP contribution in [-0.4, -0.2) is 46.2 Å². The van der Waals surface area contributed by atoms with Gasteiger partial charge in [0.1, 0.15) is 0 Å². The zero-order valence-electron chi connectivity index (χ0n) is 12.4. The van der Waals surface area contributed by atoms with Crippen LogP contribution in [0, 0.1) is 0 Å². The Balaban J connectivity index is 1.63. The van der Waals surface area contributed by atoms with Gasteiger partial charge in [-0.1, -0.05) is 11.2 Å². The van der Waals surface area contributed by atoms with Crippen molar-refractivity contribution >= 4 is 5.91 Å². The highest BCUT2D eigenvalue weighted by atomic mass is 16.5. The molecule has 1 aliphatic rings. The molecule has 3 rings (SSSR count). The van der Waals surface area contributed by atoms with Crippen LogP contribution in [0.1, 0.15) is 29.6 Å². The third kappa shape index (κ3) is 3.30. The quantitative estimate of drug-likeness (QED) is 0.796. The average molecular weight is 302 g/mol. The summed E-state index contributed by atoms with van der Waals surface area (Å²) in [5.41, 5.74) is 1.02. The van der Waals surface area contributed by atoms with Crippen LogP contribution < -0.4 is 0 Å². The number of hydrogen-bond donors (Lipinski definition) is 0. The van der Waals surface area contributed by atoms with Crippen LogP contribution >= 0.6 is 0 Å². The van der Waals surface area contributed by atoms with E-state index in [4.69, 9.17) is 9.26 Å². The van der Waals surface area contributed by atoms with Crippen LogP contribution in [0.25, 0.3) is 0 Å². The highest BCUT2D eigenvalue weighted by molar-refractivity contribution is 5.79. The van der Waals surface area contributed by atoms with E-state index in [9.17, 15) is 4.79 Å². The normalized spacial score (nSPS) is 18.1. The molecule has 3 heterocycles. The lowest BCUT2D eigenvalue weighted by Crippen LogP contribution is -2.24. The van der Waals surface area contributed by atoms with Gasteiger partial charge in [0.15, 0.2) is 5.82 Å². The Bertz CT molecular complexity index is 629. The van der Waals surface area contributed by atoms with Gasteiger partial charge in [-0.3, -0.25) is 9.78 Å². The Morgan fingerprint density at radius 1 is 1.50 bits per heavy atom. The SMILES string of the molecule is COCCc1noc(C2CC(=O)N(Cc3cccnc3)C2)n1. The van der Waals surface area contributed by atoms with E-state index in [-0.39, 0.29) is 11.8 Å². The molecular weight excluding hydrogens is 284 g/mol. The maximum Gasteiger partial charge on any atom is 0.232 e. The molecular formula is C15H18N4O3. The van der Waals surface area contributed by atoms with Gasteiger partial charge in [0.25, 0.3) is 0 Å². The molecule has 116 valence electrons. The number of carbonyl (C=O) groups is 1. The number of rotatable bonds is 6. The monoisotopic (exact) mass is 302 g/mol. The van der Waals surface area contributed by atoms with Crippen molar-refractivity contribution in [3.05, 3.63) is 41.8 Å². The minimum absolute atomic E-state index is 0.0343. The summed E-state index contributed by atoms with van der Waals surface area (Å²) < 4.78 is 10.3. The summed E-state index contributed by atoms with van der Waals surface area (Å²) in [4.78, 5) is 22.4. The molecule has 1 unspecified atom stereocenters. The molecule has 0 aliphatic carbocycles. The van der Waals surface area contributed by atoms with Gasteiger partial charge in [-0.2, -0.15) is 4.98 Å². The van der Waals surface area contributed by atoms with Crippen LogP contribution in [0.15, 0.2) is 29.0 Å². The number of methoxy groups -OCH3 is 1. The maximum atomic E-state index is 12.1. The zero-order chi connectivity index (χ0) is 15.4. The molecule has 1 aliphatic heterocycles. The van der Waals surface area contributed by atoms with E-state index in [0.29, 0.717) is 44.3 Å². The second-order valence-corrected chi connectivity index (χ2v) is 5.33. The number of aromatic nitrogens is 3. The van der Waals surface area contributed by atoms with Crippen molar-refractivity contribution < 1.29 is 14.1 Å². The Labute approximate surface area is 128 Å². The molecule has 1 fully saturated rings. The number of ether oxygens (including phenoxy) is 1. The first kappa shape index (κ1) is 14.6. The predicted octanol–water partition coefficient (Wildman–Crippen LogP) is 1.17. The fourth-order valence-corrected chi connectivity index (χ4v) is 2.53. The van der Waals surface area contributed by atoms with Crippen molar-refractivity contribution in [2.75, 3.05) is 20.3 Å². The van der Waals surface area contributed by atoms with Gasteiger partial charge in [0, 0.05) is 45.4 Å². The van der Waals surface area contributed by atoms with Crippen LogP contribution in [0.4, 0.5) is 0 Å². The maximum absolute atomic E-state index is 12.1. The molecule has 1 amide bonds. The number of amides is 1. The fourth-order valence-electron chi connectivity index (χ4n) is 2.53. The second kappa shape index (κ2) is 6.65. The Hall–Kier alpha value is -2.28. The minimum Gasteiger partial charge on any atom is -0.384 e. The molecule has 1 saturated heterocycles. The first-order valence-electron chi connectivity index (χ1n) is 7.24. The average Bonchev–Trinajstić information content (AvgIpc) is 3.14. The summed E-state index contributed by atoms with van der Waals surface area (Å²) in [6.45, 7) is 1.71. The van der Waals surface area contributed by atoms with Crippen LogP contribution in [0.5, 0.6) is 0 Å². The molecule has 2 aromatic heterocycles. The van der Waals surface area contributed by atoms with Crippen molar-refractivity contribution in [3.63, 3.8) is 0 Å². The highest BCUT2D eigenvalue weighted by Crippen LogP contribution is 2.28. The Kier molecular flexibility index (Phi) is 4.43. The number of nitrogens with zero attached hydrogens (tertiary/aromatic N) is 4. The van der Waals surface area contributed by atoms with E-state index in [2.05, 4.69) is 15.1 Å². The van der Waals surface area contributed by atoms with Gasteiger partial charge in [-0.05, 0) is 11.6 Å². The van der Waals surface area contributed by atoms with Gasteiger partial charge >= 0.3 is 0 Å². The van der Waals surface area contributed by atoms with Crippen molar-refractivity contribution in [2.45, 2.75) is 25.3 Å². The predicted molar refractivity (Wildman–Crippen MR) is 76.9 cm³/mol. The molecule has 0 spiro atoms. The largest absolute Gasteiger partial charge is 0.384 e. The summed E-state index contributed by atoms with van der Waals surface area (Å²) in [6, 6.07) is 3.83. The van der Waals surface area contributed by atoms with E-state index >= 15 is 0 Å². The standard InChI is InChI=1S/C15H18N4O3/c1-21-6-4-13-17-15(22-18-13)12-7-14(20)19(10-12)9-11-3-2-5-16-8-11/h2-3,5,8,12H,4,6-7,9-10H2,1H3. The lowest BCUT2D eigenvalue weighted by atomic mass is 10.1. The first-order valence-corrected chi connectivity index (χ1v) is 7.24. The van der Waals surface area contributed by atoms with E-state index in [0.717, 1.165) is 5.56 Å². The molecule has 0 N–H and O–H groups in total. The molecule has 0 aromatic carbocycles. The van der Waals surface area contributed by atoms with Gasteiger partial charge in [0.2, 0.25) is 11.8 Å². The number of pyridine rings is 1. The van der Waals surface area contributed by atoms with Crippen molar-refractivity contribution in [2.24, 2.45) is 0 Å². The number of carbonyl (C=O) groups excluding carboxylic acids is 1. The number of hydrogen-bond acceptors (Lipinski definition) is 6. The molecule has 22 heavy (non-hydrogen) atoms. The Morgan fingerprint density at radius 2 is 2.41 bits per heavy atom. The summed E-state index contributed by atoms with van der Waals surface area (Å²) in [5, 5.41) is 3.93. The van der Waals surface area contributed by atoms with Crippen molar-refractivity contribution in [1.82, 2.24) is 20.0 Å². The molecule has 7 heteroatoms. The Morgan fingerprint density at radius 3 is 3.18 bits per heavy atom. The molecule has 0 bridgehead atoms. The topological polar surface area (TPSA) is 81.4 Å². The van der Waals surface area contributed by atoms with E-state index in [1.807, 2.05) is 12.1 Å². The minimum atomic E-state index is -0.0343.